The van der Waals surface area contributed by atoms with Crippen LogP contribution in [0, 0.1) is 5.82 Å². The van der Waals surface area contributed by atoms with Crippen molar-refractivity contribution in [1.82, 2.24) is 9.88 Å². The van der Waals surface area contributed by atoms with Gasteiger partial charge in [0.2, 0.25) is 17.7 Å². The summed E-state index contributed by atoms with van der Waals surface area (Å²) < 4.78 is 19.7. The number of hydrogen-bond acceptors (Lipinski definition) is 4. The average molecular weight is 399 g/mol. The number of rotatable bonds is 7. The summed E-state index contributed by atoms with van der Waals surface area (Å²) in [6.45, 7) is 2.90. The van der Waals surface area contributed by atoms with Gasteiger partial charge < -0.3 is 14.5 Å². The van der Waals surface area contributed by atoms with E-state index >= 15 is 0 Å². The van der Waals surface area contributed by atoms with E-state index in [0.717, 1.165) is 11.1 Å². The molecule has 1 saturated heterocycles. The van der Waals surface area contributed by atoms with Crippen LogP contribution in [-0.4, -0.2) is 48.9 Å². The molecule has 3 rings (SSSR count). The van der Waals surface area contributed by atoms with Crippen molar-refractivity contribution in [3.63, 3.8) is 0 Å². The standard InChI is InChI=1S/C22H26FN3O3/c1-4-20(27)25(2)19-9-7-16(12-18(19)23)17-13-26(14-17)21(28)10-8-15-6-5-11-24-22(15)29-3/h5-7,9,11-12,17H,4,8,10,13-14H2,1-3H3. The largest absolute Gasteiger partial charge is 0.481 e. The van der Waals surface area contributed by atoms with Gasteiger partial charge in [0.1, 0.15) is 5.82 Å². The van der Waals surface area contributed by atoms with E-state index in [9.17, 15) is 14.0 Å². The second kappa shape index (κ2) is 9.03. The number of ether oxygens (including phenoxy) is 1. The molecule has 1 aliphatic heterocycles. The number of anilines is 1. The third kappa shape index (κ3) is 4.55. The van der Waals surface area contributed by atoms with E-state index in [1.165, 1.54) is 11.0 Å². The van der Waals surface area contributed by atoms with Crippen molar-refractivity contribution in [3.8, 4) is 5.88 Å². The lowest BCUT2D eigenvalue weighted by atomic mass is 9.90. The Morgan fingerprint density at radius 2 is 2.07 bits per heavy atom. The predicted octanol–water partition coefficient (Wildman–Crippen LogP) is 3.16. The number of nitrogens with zero attached hydrogens (tertiary/aromatic N) is 3. The van der Waals surface area contributed by atoms with Crippen LogP contribution in [0.4, 0.5) is 10.1 Å². The number of hydrogen-bond donors (Lipinski definition) is 0. The van der Waals surface area contributed by atoms with E-state index < -0.39 is 5.82 Å². The molecule has 0 atom stereocenters. The normalized spacial score (nSPS) is 13.7. The summed E-state index contributed by atoms with van der Waals surface area (Å²) in [6.07, 6.45) is 2.93. The van der Waals surface area contributed by atoms with Gasteiger partial charge in [-0.25, -0.2) is 9.37 Å². The number of benzene rings is 1. The Morgan fingerprint density at radius 1 is 1.31 bits per heavy atom. The summed E-state index contributed by atoms with van der Waals surface area (Å²) in [7, 11) is 3.14. The van der Waals surface area contributed by atoms with Crippen molar-refractivity contribution in [2.24, 2.45) is 0 Å². The molecule has 0 bridgehead atoms. The van der Waals surface area contributed by atoms with Crippen LogP contribution < -0.4 is 9.64 Å². The van der Waals surface area contributed by atoms with Gasteiger partial charge in [-0.2, -0.15) is 0 Å². The van der Waals surface area contributed by atoms with Gasteiger partial charge in [-0.15, -0.1) is 0 Å². The van der Waals surface area contributed by atoms with Crippen molar-refractivity contribution in [3.05, 3.63) is 53.5 Å². The third-order valence-corrected chi connectivity index (χ3v) is 5.37. The predicted molar refractivity (Wildman–Crippen MR) is 109 cm³/mol. The van der Waals surface area contributed by atoms with Crippen molar-refractivity contribution in [1.29, 1.82) is 0 Å². The first kappa shape index (κ1) is 20.8. The van der Waals surface area contributed by atoms with Crippen molar-refractivity contribution < 1.29 is 18.7 Å². The molecule has 1 aliphatic rings. The van der Waals surface area contributed by atoms with Gasteiger partial charge in [0.05, 0.1) is 12.8 Å². The summed E-state index contributed by atoms with van der Waals surface area (Å²) >= 11 is 0. The number of pyridine rings is 1. The molecule has 1 aromatic heterocycles. The molecular formula is C22H26FN3O3. The summed E-state index contributed by atoms with van der Waals surface area (Å²) in [4.78, 5) is 31.5. The van der Waals surface area contributed by atoms with Gasteiger partial charge in [-0.1, -0.05) is 19.1 Å². The zero-order valence-corrected chi connectivity index (χ0v) is 17.0. The molecule has 0 aliphatic carbocycles. The van der Waals surface area contributed by atoms with Crippen LogP contribution in [0.25, 0.3) is 0 Å². The molecule has 0 radical (unpaired) electrons. The third-order valence-electron chi connectivity index (χ3n) is 5.37. The van der Waals surface area contributed by atoms with Gasteiger partial charge in [-0.3, -0.25) is 9.59 Å². The number of amides is 2. The first-order valence-corrected chi connectivity index (χ1v) is 9.76. The molecule has 0 saturated carbocycles. The Labute approximate surface area is 170 Å². The van der Waals surface area contributed by atoms with E-state index in [4.69, 9.17) is 4.74 Å². The second-order valence-electron chi connectivity index (χ2n) is 7.18. The zero-order chi connectivity index (χ0) is 21.0. The highest BCUT2D eigenvalue weighted by Crippen LogP contribution is 2.31. The number of carbonyl (C=O) groups excluding carboxylic acids is 2. The van der Waals surface area contributed by atoms with E-state index in [1.54, 1.807) is 38.2 Å². The summed E-state index contributed by atoms with van der Waals surface area (Å²) in [5, 5.41) is 0. The van der Waals surface area contributed by atoms with Crippen molar-refractivity contribution in [2.45, 2.75) is 32.1 Å². The topological polar surface area (TPSA) is 62.7 Å². The fraction of sp³-hybridized carbons (Fsp3) is 0.409. The van der Waals surface area contributed by atoms with Gasteiger partial charge in [0.25, 0.3) is 0 Å². The van der Waals surface area contributed by atoms with Gasteiger partial charge in [0.15, 0.2) is 0 Å². The molecule has 2 heterocycles. The molecule has 1 aromatic carbocycles. The molecule has 7 heteroatoms. The van der Waals surface area contributed by atoms with Gasteiger partial charge in [0, 0.05) is 50.7 Å². The highest BCUT2D eigenvalue weighted by atomic mass is 19.1. The average Bonchev–Trinajstić information content (AvgIpc) is 2.70. The first-order valence-electron chi connectivity index (χ1n) is 9.76. The zero-order valence-electron chi connectivity index (χ0n) is 17.0. The maximum atomic E-state index is 14.5. The summed E-state index contributed by atoms with van der Waals surface area (Å²) in [5.74, 6) is 0.173. The van der Waals surface area contributed by atoms with Crippen LogP contribution in [0.15, 0.2) is 36.5 Å². The van der Waals surface area contributed by atoms with Gasteiger partial charge >= 0.3 is 0 Å². The molecule has 0 N–H and O–H groups in total. The quantitative estimate of drug-likeness (QED) is 0.718. The minimum Gasteiger partial charge on any atom is -0.481 e. The van der Waals surface area contributed by atoms with Crippen LogP contribution in [0.1, 0.15) is 36.8 Å². The van der Waals surface area contributed by atoms with Crippen LogP contribution in [0.5, 0.6) is 5.88 Å². The lowest BCUT2D eigenvalue weighted by Gasteiger charge is -2.40. The fourth-order valence-corrected chi connectivity index (χ4v) is 3.51. The SMILES string of the molecule is CCC(=O)N(C)c1ccc(C2CN(C(=O)CCc3cccnc3OC)C2)cc1F. The molecule has 2 amide bonds. The summed E-state index contributed by atoms with van der Waals surface area (Å²) in [6, 6.07) is 8.68. The van der Waals surface area contributed by atoms with E-state index in [1.807, 2.05) is 18.2 Å². The molecular weight excluding hydrogens is 373 g/mol. The second-order valence-corrected chi connectivity index (χ2v) is 7.18. The lowest BCUT2D eigenvalue weighted by molar-refractivity contribution is -0.135. The number of likely N-dealkylation sites (tertiary alicyclic amines) is 1. The van der Waals surface area contributed by atoms with E-state index in [2.05, 4.69) is 4.98 Å². The number of aromatic nitrogens is 1. The molecule has 154 valence electrons. The minimum absolute atomic E-state index is 0.0672. The first-order chi connectivity index (χ1) is 13.9. The van der Waals surface area contributed by atoms with Crippen molar-refractivity contribution in [2.75, 3.05) is 32.1 Å². The highest BCUT2D eigenvalue weighted by Gasteiger charge is 2.32. The molecule has 0 spiro atoms. The number of aryl methyl sites for hydroxylation is 1. The minimum atomic E-state index is -0.416. The molecule has 6 nitrogen and oxygen atoms in total. The molecule has 2 aromatic rings. The summed E-state index contributed by atoms with van der Waals surface area (Å²) in [5.41, 5.74) is 2.03. The van der Waals surface area contributed by atoms with Crippen LogP contribution in [0.3, 0.4) is 0 Å². The monoisotopic (exact) mass is 399 g/mol. The molecule has 29 heavy (non-hydrogen) atoms. The number of methoxy groups -OCH3 is 1. The van der Waals surface area contributed by atoms with E-state index in [0.29, 0.717) is 38.2 Å². The van der Waals surface area contributed by atoms with Gasteiger partial charge in [-0.05, 0) is 30.2 Å². The van der Waals surface area contributed by atoms with Crippen LogP contribution >= 0.6 is 0 Å². The molecule has 1 fully saturated rings. The number of carbonyl (C=O) groups is 2. The number of halogens is 1. The molecule has 0 unspecified atom stereocenters. The Hall–Kier alpha value is -2.96. The Balaban J connectivity index is 1.54. The highest BCUT2D eigenvalue weighted by molar-refractivity contribution is 5.92. The maximum Gasteiger partial charge on any atom is 0.226 e. The smallest absolute Gasteiger partial charge is 0.226 e. The maximum absolute atomic E-state index is 14.5. The lowest BCUT2D eigenvalue weighted by Crippen LogP contribution is -2.48. The van der Waals surface area contributed by atoms with Crippen molar-refractivity contribution >= 4 is 17.5 Å². The Bertz CT molecular complexity index is 897. The Morgan fingerprint density at radius 3 is 2.72 bits per heavy atom. The van der Waals surface area contributed by atoms with Crippen LogP contribution in [-0.2, 0) is 16.0 Å². The van der Waals surface area contributed by atoms with E-state index in [-0.39, 0.29) is 23.4 Å². The van der Waals surface area contributed by atoms with Crippen LogP contribution in [0.2, 0.25) is 0 Å². The fourth-order valence-electron chi connectivity index (χ4n) is 3.51. The Kier molecular flexibility index (Phi) is 6.46.